The molecular weight excluding hydrogens is 222 g/mol. The quantitative estimate of drug-likeness (QED) is 0.818. The smallest absolute Gasteiger partial charge is 0.134 e. The number of unbranched alkanes of at least 4 members (excludes halogenated alkanes) is 1. The van der Waals surface area contributed by atoms with Crippen molar-refractivity contribution in [2.75, 3.05) is 19.6 Å². The number of para-hydroxylation sites is 1. The lowest BCUT2D eigenvalue weighted by Crippen LogP contribution is -2.27. The average molecular weight is 243 g/mol. The van der Waals surface area contributed by atoms with Crippen molar-refractivity contribution in [2.24, 2.45) is 0 Å². The van der Waals surface area contributed by atoms with Gasteiger partial charge in [-0.15, -0.1) is 0 Å². The molecule has 0 saturated heterocycles. The highest BCUT2D eigenvalue weighted by atomic mass is 16.3. The van der Waals surface area contributed by atoms with Crippen LogP contribution in [0.2, 0.25) is 0 Å². The van der Waals surface area contributed by atoms with E-state index in [1.54, 1.807) is 0 Å². The number of hydrogen-bond acceptors (Lipinski definition) is 2. The minimum Gasteiger partial charge on any atom is -0.461 e. The van der Waals surface area contributed by atoms with Crippen LogP contribution in [0.25, 0.3) is 11.0 Å². The van der Waals surface area contributed by atoms with Gasteiger partial charge in [-0.05, 0) is 25.5 Å². The van der Waals surface area contributed by atoms with Crippen LogP contribution in [-0.2, 0) is 12.8 Å². The Labute approximate surface area is 109 Å². The summed E-state index contributed by atoms with van der Waals surface area (Å²) in [5.41, 5.74) is 2.51. The van der Waals surface area contributed by atoms with E-state index in [2.05, 4.69) is 36.1 Å². The highest BCUT2D eigenvalue weighted by Gasteiger charge is 2.19. The molecule has 0 spiro atoms. The standard InChI is InChI=1S/C16H21NO/c1-2-3-10-17-11-8-14-13-6-4-5-7-15(13)18-16(14)9-12-17/h4-7H,2-3,8-12H2,1H3. The van der Waals surface area contributed by atoms with Crippen LogP contribution in [-0.4, -0.2) is 24.5 Å². The first kappa shape index (κ1) is 11.8. The Morgan fingerprint density at radius 2 is 2.00 bits per heavy atom. The van der Waals surface area contributed by atoms with Gasteiger partial charge in [-0.3, -0.25) is 0 Å². The Kier molecular flexibility index (Phi) is 3.37. The lowest BCUT2D eigenvalue weighted by atomic mass is 10.1. The third kappa shape index (κ3) is 2.17. The lowest BCUT2D eigenvalue weighted by molar-refractivity contribution is 0.279. The van der Waals surface area contributed by atoms with Gasteiger partial charge in [0.25, 0.3) is 0 Å². The van der Waals surface area contributed by atoms with E-state index in [9.17, 15) is 0 Å². The first-order valence-electron chi connectivity index (χ1n) is 7.10. The van der Waals surface area contributed by atoms with Crippen molar-refractivity contribution < 1.29 is 4.42 Å². The summed E-state index contributed by atoms with van der Waals surface area (Å²) >= 11 is 0. The van der Waals surface area contributed by atoms with Gasteiger partial charge in [-0.1, -0.05) is 31.5 Å². The maximum absolute atomic E-state index is 6.00. The molecule has 0 unspecified atom stereocenters. The molecule has 2 heterocycles. The molecule has 0 fully saturated rings. The van der Waals surface area contributed by atoms with Crippen molar-refractivity contribution in [3.8, 4) is 0 Å². The Bertz CT molecular complexity index is 529. The normalized spacial score (nSPS) is 16.7. The van der Waals surface area contributed by atoms with E-state index in [0.29, 0.717) is 0 Å². The van der Waals surface area contributed by atoms with Crippen LogP contribution in [0.1, 0.15) is 31.1 Å². The monoisotopic (exact) mass is 243 g/mol. The second kappa shape index (κ2) is 5.15. The van der Waals surface area contributed by atoms with Crippen LogP contribution in [0.4, 0.5) is 0 Å². The molecule has 2 heteroatoms. The molecule has 3 rings (SSSR count). The molecule has 2 nitrogen and oxygen atoms in total. The maximum Gasteiger partial charge on any atom is 0.134 e. The van der Waals surface area contributed by atoms with Crippen molar-refractivity contribution in [3.05, 3.63) is 35.6 Å². The average Bonchev–Trinajstić information content (AvgIpc) is 2.64. The van der Waals surface area contributed by atoms with Gasteiger partial charge in [0.1, 0.15) is 11.3 Å². The zero-order valence-corrected chi connectivity index (χ0v) is 11.1. The Morgan fingerprint density at radius 3 is 2.89 bits per heavy atom. The molecule has 0 aliphatic carbocycles. The molecular formula is C16H21NO. The minimum absolute atomic E-state index is 1.06. The zero-order chi connectivity index (χ0) is 12.4. The predicted molar refractivity (Wildman–Crippen MR) is 75.0 cm³/mol. The van der Waals surface area contributed by atoms with Crippen molar-refractivity contribution in [2.45, 2.75) is 32.6 Å². The number of hydrogen-bond donors (Lipinski definition) is 0. The molecule has 0 saturated carbocycles. The summed E-state index contributed by atoms with van der Waals surface area (Å²) in [6.07, 6.45) is 4.79. The van der Waals surface area contributed by atoms with Gasteiger partial charge in [0.15, 0.2) is 0 Å². The number of benzene rings is 1. The molecule has 1 aromatic heterocycles. The molecule has 1 aliphatic heterocycles. The Balaban J connectivity index is 1.82. The first-order chi connectivity index (χ1) is 8.88. The van der Waals surface area contributed by atoms with Gasteiger partial charge in [-0.2, -0.15) is 0 Å². The fourth-order valence-electron chi connectivity index (χ4n) is 2.87. The summed E-state index contributed by atoms with van der Waals surface area (Å²) in [5, 5.41) is 1.32. The highest BCUT2D eigenvalue weighted by Crippen LogP contribution is 2.28. The van der Waals surface area contributed by atoms with Crippen molar-refractivity contribution in [1.82, 2.24) is 4.90 Å². The molecule has 96 valence electrons. The van der Waals surface area contributed by atoms with E-state index < -0.39 is 0 Å². The number of nitrogens with zero attached hydrogens (tertiary/aromatic N) is 1. The van der Waals surface area contributed by atoms with Crippen LogP contribution in [0.3, 0.4) is 0 Å². The van der Waals surface area contributed by atoms with Crippen molar-refractivity contribution in [1.29, 1.82) is 0 Å². The van der Waals surface area contributed by atoms with Crippen LogP contribution < -0.4 is 0 Å². The summed E-state index contributed by atoms with van der Waals surface area (Å²) in [6.45, 7) is 5.82. The number of furan rings is 1. The molecule has 0 N–H and O–H groups in total. The van der Waals surface area contributed by atoms with E-state index in [0.717, 1.165) is 25.0 Å². The molecule has 0 radical (unpaired) electrons. The molecule has 2 aromatic rings. The van der Waals surface area contributed by atoms with E-state index in [4.69, 9.17) is 4.42 Å². The molecule has 0 atom stereocenters. The van der Waals surface area contributed by atoms with Crippen LogP contribution in [0.15, 0.2) is 28.7 Å². The summed E-state index contributed by atoms with van der Waals surface area (Å²) < 4.78 is 6.00. The van der Waals surface area contributed by atoms with E-state index in [1.807, 2.05) is 0 Å². The second-order valence-electron chi connectivity index (χ2n) is 5.20. The lowest BCUT2D eigenvalue weighted by Gasteiger charge is -2.18. The predicted octanol–water partition coefficient (Wildman–Crippen LogP) is 3.63. The molecule has 1 aliphatic rings. The van der Waals surface area contributed by atoms with Gasteiger partial charge in [0.2, 0.25) is 0 Å². The van der Waals surface area contributed by atoms with Gasteiger partial charge in [0, 0.05) is 30.5 Å². The van der Waals surface area contributed by atoms with E-state index >= 15 is 0 Å². The fraction of sp³-hybridized carbons (Fsp3) is 0.500. The fourth-order valence-corrected chi connectivity index (χ4v) is 2.87. The van der Waals surface area contributed by atoms with Crippen LogP contribution >= 0.6 is 0 Å². The number of rotatable bonds is 3. The largest absolute Gasteiger partial charge is 0.461 e. The summed E-state index contributed by atoms with van der Waals surface area (Å²) in [4.78, 5) is 2.58. The minimum atomic E-state index is 1.06. The van der Waals surface area contributed by atoms with E-state index in [1.165, 1.54) is 42.6 Å². The van der Waals surface area contributed by atoms with Gasteiger partial charge < -0.3 is 9.32 Å². The molecule has 1 aromatic carbocycles. The Hall–Kier alpha value is -1.28. The second-order valence-corrected chi connectivity index (χ2v) is 5.20. The first-order valence-corrected chi connectivity index (χ1v) is 7.10. The summed E-state index contributed by atoms with van der Waals surface area (Å²) in [6, 6.07) is 8.44. The summed E-state index contributed by atoms with van der Waals surface area (Å²) in [7, 11) is 0. The maximum atomic E-state index is 6.00. The topological polar surface area (TPSA) is 16.4 Å². The molecule has 0 amide bonds. The van der Waals surface area contributed by atoms with Crippen molar-refractivity contribution in [3.63, 3.8) is 0 Å². The van der Waals surface area contributed by atoms with Gasteiger partial charge in [-0.25, -0.2) is 0 Å². The van der Waals surface area contributed by atoms with Crippen molar-refractivity contribution >= 4 is 11.0 Å². The molecule has 18 heavy (non-hydrogen) atoms. The highest BCUT2D eigenvalue weighted by molar-refractivity contribution is 5.82. The SMILES string of the molecule is CCCCN1CCc2oc3ccccc3c2CC1. The zero-order valence-electron chi connectivity index (χ0n) is 11.1. The van der Waals surface area contributed by atoms with E-state index in [-0.39, 0.29) is 0 Å². The third-order valence-electron chi connectivity index (χ3n) is 3.94. The van der Waals surface area contributed by atoms with Gasteiger partial charge in [0.05, 0.1) is 0 Å². The molecule has 0 bridgehead atoms. The number of fused-ring (bicyclic) bond motifs is 3. The third-order valence-corrected chi connectivity index (χ3v) is 3.94. The van der Waals surface area contributed by atoms with Crippen LogP contribution in [0, 0.1) is 0 Å². The Morgan fingerprint density at radius 1 is 1.17 bits per heavy atom. The van der Waals surface area contributed by atoms with Gasteiger partial charge >= 0.3 is 0 Å². The summed E-state index contributed by atoms with van der Waals surface area (Å²) in [5.74, 6) is 1.22. The van der Waals surface area contributed by atoms with Crippen LogP contribution in [0.5, 0.6) is 0 Å².